The Labute approximate surface area is 172 Å². The summed E-state index contributed by atoms with van der Waals surface area (Å²) in [6.45, 7) is 4.58. The van der Waals surface area contributed by atoms with Crippen molar-refractivity contribution in [3.05, 3.63) is 53.8 Å². The monoisotopic (exact) mass is 413 g/mol. The highest BCUT2D eigenvalue weighted by Gasteiger charge is 2.22. The zero-order chi connectivity index (χ0) is 20.8. The number of aromatic nitrogens is 3. The van der Waals surface area contributed by atoms with Crippen molar-refractivity contribution in [1.29, 1.82) is 0 Å². The number of thioether (sulfide) groups is 1. The van der Waals surface area contributed by atoms with Crippen LogP contribution in [0.4, 0.5) is 0 Å². The Morgan fingerprint density at radius 1 is 1.24 bits per heavy atom. The molecule has 0 aliphatic heterocycles. The van der Waals surface area contributed by atoms with Crippen molar-refractivity contribution in [2.24, 2.45) is 5.73 Å². The average Bonchev–Trinajstić information content (AvgIpc) is 3.35. The largest absolute Gasteiger partial charge is 0.461 e. The number of nitrogens with one attached hydrogen (secondary N) is 1. The molecule has 3 N–H and O–H groups in total. The minimum Gasteiger partial charge on any atom is -0.461 e. The van der Waals surface area contributed by atoms with Crippen LogP contribution in [0.15, 0.2) is 52.2 Å². The maximum atomic E-state index is 12.5. The van der Waals surface area contributed by atoms with Crippen LogP contribution in [0.3, 0.4) is 0 Å². The summed E-state index contributed by atoms with van der Waals surface area (Å²) in [5.74, 6) is 0.486. The van der Waals surface area contributed by atoms with Gasteiger partial charge in [0.2, 0.25) is 11.8 Å². The molecular formula is C20H23N5O3S. The Balaban J connectivity index is 1.68. The van der Waals surface area contributed by atoms with E-state index in [-0.39, 0.29) is 12.3 Å². The number of nitrogens with zero attached hydrogens (tertiary/aromatic N) is 3. The van der Waals surface area contributed by atoms with Crippen LogP contribution >= 0.6 is 11.8 Å². The summed E-state index contributed by atoms with van der Waals surface area (Å²) >= 11 is 1.27. The van der Waals surface area contributed by atoms with E-state index in [2.05, 4.69) is 15.5 Å². The number of hydrogen-bond acceptors (Lipinski definition) is 6. The lowest BCUT2D eigenvalue weighted by atomic mass is 10.1. The molecule has 2 aromatic heterocycles. The van der Waals surface area contributed by atoms with Crippen molar-refractivity contribution < 1.29 is 14.0 Å². The standard InChI is InChI=1S/C20H23N5O3S/c1-13-5-7-15(8-6-13)12-22-19(27)14(2)29-20-24-23-18(16-4-3-11-28-16)25(20)10-9-17(21)26/h3-8,11,14H,9-10,12H2,1-2H3,(H2,21,26)(H,22,27). The molecule has 29 heavy (non-hydrogen) atoms. The van der Waals surface area contributed by atoms with Gasteiger partial charge < -0.3 is 15.5 Å². The zero-order valence-corrected chi connectivity index (χ0v) is 17.1. The van der Waals surface area contributed by atoms with Crippen LogP contribution in [0.5, 0.6) is 0 Å². The van der Waals surface area contributed by atoms with Gasteiger partial charge in [-0.25, -0.2) is 0 Å². The first kappa shape index (κ1) is 20.7. The molecule has 152 valence electrons. The van der Waals surface area contributed by atoms with E-state index < -0.39 is 11.2 Å². The van der Waals surface area contributed by atoms with Gasteiger partial charge in [-0.15, -0.1) is 10.2 Å². The number of carbonyl (C=O) groups excluding carboxylic acids is 2. The van der Waals surface area contributed by atoms with E-state index in [1.165, 1.54) is 23.6 Å². The second kappa shape index (κ2) is 9.42. The number of amides is 2. The molecule has 0 saturated heterocycles. The molecule has 1 aromatic carbocycles. The number of hydrogen-bond donors (Lipinski definition) is 2. The Bertz CT molecular complexity index is 967. The lowest BCUT2D eigenvalue weighted by Gasteiger charge is -2.13. The van der Waals surface area contributed by atoms with Gasteiger partial charge in [0.1, 0.15) is 0 Å². The molecule has 0 fully saturated rings. The molecule has 0 saturated carbocycles. The molecular weight excluding hydrogens is 390 g/mol. The third kappa shape index (κ3) is 5.47. The second-order valence-electron chi connectivity index (χ2n) is 6.61. The van der Waals surface area contributed by atoms with Gasteiger partial charge in [-0.1, -0.05) is 41.6 Å². The molecule has 0 aliphatic carbocycles. The average molecular weight is 414 g/mol. The number of benzene rings is 1. The highest BCUT2D eigenvalue weighted by atomic mass is 32.2. The molecule has 3 rings (SSSR count). The van der Waals surface area contributed by atoms with Gasteiger partial charge in [-0.3, -0.25) is 14.2 Å². The molecule has 0 bridgehead atoms. The predicted molar refractivity (Wildman–Crippen MR) is 110 cm³/mol. The molecule has 1 atom stereocenters. The van der Waals surface area contributed by atoms with Gasteiger partial charge >= 0.3 is 0 Å². The number of aryl methyl sites for hydroxylation is 1. The normalized spacial score (nSPS) is 11.9. The van der Waals surface area contributed by atoms with Gasteiger partial charge in [0.25, 0.3) is 0 Å². The van der Waals surface area contributed by atoms with Crippen LogP contribution in [-0.4, -0.2) is 31.8 Å². The quantitative estimate of drug-likeness (QED) is 0.521. The smallest absolute Gasteiger partial charge is 0.233 e. The maximum absolute atomic E-state index is 12.5. The van der Waals surface area contributed by atoms with Crippen molar-refractivity contribution in [3.63, 3.8) is 0 Å². The molecule has 0 spiro atoms. The zero-order valence-electron chi connectivity index (χ0n) is 16.3. The van der Waals surface area contributed by atoms with Gasteiger partial charge in [0.05, 0.1) is 11.5 Å². The van der Waals surface area contributed by atoms with Crippen molar-refractivity contribution in [3.8, 4) is 11.6 Å². The number of nitrogens with two attached hydrogens (primary N) is 1. The van der Waals surface area contributed by atoms with E-state index in [0.717, 1.165) is 5.56 Å². The van der Waals surface area contributed by atoms with E-state index in [0.29, 0.717) is 29.8 Å². The summed E-state index contributed by atoms with van der Waals surface area (Å²) in [6, 6.07) is 11.5. The maximum Gasteiger partial charge on any atom is 0.233 e. The third-order valence-electron chi connectivity index (χ3n) is 4.28. The third-order valence-corrected chi connectivity index (χ3v) is 5.36. The lowest BCUT2D eigenvalue weighted by Crippen LogP contribution is -2.30. The Kier molecular flexibility index (Phi) is 6.71. The predicted octanol–water partition coefficient (Wildman–Crippen LogP) is 2.52. The van der Waals surface area contributed by atoms with Crippen LogP contribution in [0.2, 0.25) is 0 Å². The molecule has 8 nitrogen and oxygen atoms in total. The lowest BCUT2D eigenvalue weighted by molar-refractivity contribution is -0.120. The molecule has 2 amide bonds. The summed E-state index contributed by atoms with van der Waals surface area (Å²) in [5.41, 5.74) is 7.50. The van der Waals surface area contributed by atoms with Crippen LogP contribution in [0, 0.1) is 6.92 Å². The molecule has 1 unspecified atom stereocenters. The SMILES string of the molecule is Cc1ccc(CNC(=O)C(C)Sc2nnc(-c3ccco3)n2CCC(N)=O)cc1. The number of rotatable bonds is 9. The summed E-state index contributed by atoms with van der Waals surface area (Å²) in [5, 5.41) is 11.4. The van der Waals surface area contributed by atoms with E-state index >= 15 is 0 Å². The first-order chi connectivity index (χ1) is 13.9. The minimum absolute atomic E-state index is 0.112. The minimum atomic E-state index is -0.427. The van der Waals surface area contributed by atoms with Gasteiger partial charge in [-0.05, 0) is 31.5 Å². The number of furan rings is 1. The van der Waals surface area contributed by atoms with Crippen molar-refractivity contribution >= 4 is 23.6 Å². The highest BCUT2D eigenvalue weighted by Crippen LogP contribution is 2.27. The number of primary amides is 1. The van der Waals surface area contributed by atoms with Crippen LogP contribution < -0.4 is 11.1 Å². The van der Waals surface area contributed by atoms with E-state index in [4.69, 9.17) is 10.2 Å². The summed E-state index contributed by atoms with van der Waals surface area (Å²) in [4.78, 5) is 23.8. The highest BCUT2D eigenvalue weighted by molar-refractivity contribution is 8.00. The summed E-state index contributed by atoms with van der Waals surface area (Å²) < 4.78 is 7.15. The Hall–Kier alpha value is -3.07. The molecule has 0 radical (unpaired) electrons. The van der Waals surface area contributed by atoms with Gasteiger partial charge in [-0.2, -0.15) is 0 Å². The fraction of sp³-hybridized carbons (Fsp3) is 0.300. The van der Waals surface area contributed by atoms with Crippen molar-refractivity contribution in [2.45, 2.75) is 43.8 Å². The molecule has 0 aliphatic rings. The van der Waals surface area contributed by atoms with E-state index in [1.807, 2.05) is 31.2 Å². The summed E-state index contributed by atoms with van der Waals surface area (Å²) in [6.07, 6.45) is 1.67. The molecule has 2 heterocycles. The van der Waals surface area contributed by atoms with Crippen molar-refractivity contribution in [2.75, 3.05) is 0 Å². The topological polar surface area (TPSA) is 116 Å². The van der Waals surface area contributed by atoms with E-state index in [1.54, 1.807) is 23.6 Å². The fourth-order valence-corrected chi connectivity index (χ4v) is 3.54. The van der Waals surface area contributed by atoms with Crippen molar-refractivity contribution in [1.82, 2.24) is 20.1 Å². The van der Waals surface area contributed by atoms with Crippen LogP contribution in [-0.2, 0) is 22.7 Å². The molecule has 9 heteroatoms. The van der Waals surface area contributed by atoms with Crippen LogP contribution in [0.1, 0.15) is 24.5 Å². The first-order valence-corrected chi connectivity index (χ1v) is 10.1. The molecule has 3 aromatic rings. The number of carbonyl (C=O) groups is 2. The summed E-state index contributed by atoms with van der Waals surface area (Å²) in [7, 11) is 0. The van der Waals surface area contributed by atoms with Gasteiger partial charge in [0.15, 0.2) is 16.7 Å². The fourth-order valence-electron chi connectivity index (χ4n) is 2.64. The van der Waals surface area contributed by atoms with Gasteiger partial charge in [0, 0.05) is 19.5 Å². The first-order valence-electron chi connectivity index (χ1n) is 9.19. The Morgan fingerprint density at radius 2 is 2.00 bits per heavy atom. The second-order valence-corrected chi connectivity index (χ2v) is 7.92. The Morgan fingerprint density at radius 3 is 2.66 bits per heavy atom. The van der Waals surface area contributed by atoms with Crippen LogP contribution in [0.25, 0.3) is 11.6 Å². The van der Waals surface area contributed by atoms with E-state index in [9.17, 15) is 9.59 Å².